The summed E-state index contributed by atoms with van der Waals surface area (Å²) in [5.74, 6) is 0.567. The van der Waals surface area contributed by atoms with Crippen molar-refractivity contribution in [2.75, 3.05) is 6.61 Å². The van der Waals surface area contributed by atoms with Crippen molar-refractivity contribution in [1.29, 1.82) is 0 Å². The number of rotatable bonds is 13. The van der Waals surface area contributed by atoms with Crippen LogP contribution >= 0.6 is 0 Å². The van der Waals surface area contributed by atoms with E-state index in [1.165, 1.54) is 38.2 Å². The van der Waals surface area contributed by atoms with E-state index in [2.05, 4.69) is 6.92 Å². The molecule has 0 unspecified atom stereocenters. The Bertz CT molecular complexity index is 1050. The largest absolute Gasteiger partial charge is 0.494 e. The van der Waals surface area contributed by atoms with Crippen molar-refractivity contribution < 1.29 is 19.1 Å². The molecule has 0 saturated heterocycles. The van der Waals surface area contributed by atoms with Crippen molar-refractivity contribution in [3.8, 4) is 11.5 Å². The van der Waals surface area contributed by atoms with Gasteiger partial charge in [-0.2, -0.15) is 0 Å². The van der Waals surface area contributed by atoms with Gasteiger partial charge in [0.05, 0.1) is 12.2 Å². The van der Waals surface area contributed by atoms with Gasteiger partial charge >= 0.3 is 5.97 Å². The molecule has 0 amide bonds. The smallest absolute Gasteiger partial charge is 0.343 e. The summed E-state index contributed by atoms with van der Waals surface area (Å²) in [7, 11) is 0. The molecule has 3 rings (SSSR count). The first kappa shape index (κ1) is 25.0. The van der Waals surface area contributed by atoms with E-state index in [1.54, 1.807) is 54.6 Å². The van der Waals surface area contributed by atoms with Crippen LogP contribution in [0.25, 0.3) is 6.08 Å². The zero-order valence-electron chi connectivity index (χ0n) is 19.7. The number of benzene rings is 3. The fraction of sp³-hybridized carbons (Fsp3) is 0.267. The van der Waals surface area contributed by atoms with Crippen LogP contribution in [0.1, 0.15) is 71.7 Å². The molecule has 0 N–H and O–H groups in total. The Labute approximate surface area is 202 Å². The molecule has 3 aromatic carbocycles. The highest BCUT2D eigenvalue weighted by Gasteiger charge is 2.10. The van der Waals surface area contributed by atoms with Gasteiger partial charge in [-0.1, -0.05) is 75.4 Å². The first-order valence-corrected chi connectivity index (χ1v) is 12.0. The molecular weight excluding hydrogens is 424 g/mol. The number of unbranched alkanes of at least 4 members (excludes halogenated alkanes) is 5. The number of carbonyl (C=O) groups excluding carboxylic acids is 2. The Morgan fingerprint density at radius 1 is 0.706 bits per heavy atom. The van der Waals surface area contributed by atoms with Gasteiger partial charge in [-0.25, -0.2) is 4.79 Å². The average molecular weight is 457 g/mol. The predicted octanol–water partition coefficient (Wildman–Crippen LogP) is 7.54. The standard InChI is InChI=1S/C30H32O4/c1-2-3-4-5-6-10-23-33-27-18-16-26(17-19-27)30(32)34-28-20-14-25(15-21-28)29(31)22-13-24-11-8-7-9-12-24/h7-9,11-22H,2-6,10,23H2,1H3/b22-13+. The van der Waals surface area contributed by atoms with Gasteiger partial charge in [-0.15, -0.1) is 0 Å². The Balaban J connectivity index is 1.45. The fourth-order valence-corrected chi connectivity index (χ4v) is 3.45. The van der Waals surface area contributed by atoms with Gasteiger partial charge in [-0.3, -0.25) is 4.79 Å². The van der Waals surface area contributed by atoms with Gasteiger partial charge in [-0.05, 0) is 66.6 Å². The molecule has 0 saturated carbocycles. The second kappa shape index (κ2) is 13.8. The SMILES string of the molecule is CCCCCCCCOc1ccc(C(=O)Oc2ccc(C(=O)/C=C/c3ccccc3)cc2)cc1. The van der Waals surface area contributed by atoms with E-state index in [0.717, 1.165) is 17.7 Å². The van der Waals surface area contributed by atoms with E-state index in [9.17, 15) is 9.59 Å². The van der Waals surface area contributed by atoms with Crippen LogP contribution in [0.5, 0.6) is 11.5 Å². The third-order valence-electron chi connectivity index (χ3n) is 5.43. The lowest BCUT2D eigenvalue weighted by Gasteiger charge is -2.08. The highest BCUT2D eigenvalue weighted by Crippen LogP contribution is 2.18. The van der Waals surface area contributed by atoms with Gasteiger partial charge in [0.2, 0.25) is 0 Å². The maximum absolute atomic E-state index is 12.4. The van der Waals surface area contributed by atoms with Crippen molar-refractivity contribution in [3.05, 3.63) is 102 Å². The summed E-state index contributed by atoms with van der Waals surface area (Å²) < 4.78 is 11.2. The summed E-state index contributed by atoms with van der Waals surface area (Å²) in [6.45, 7) is 2.90. The molecule has 34 heavy (non-hydrogen) atoms. The van der Waals surface area contributed by atoms with Crippen LogP contribution in [0.4, 0.5) is 0 Å². The Kier molecular flexibility index (Phi) is 10.1. The minimum Gasteiger partial charge on any atom is -0.494 e. The van der Waals surface area contributed by atoms with Crippen LogP contribution in [0.2, 0.25) is 0 Å². The normalized spacial score (nSPS) is 10.9. The van der Waals surface area contributed by atoms with Crippen LogP contribution in [0.15, 0.2) is 84.9 Å². The minimum atomic E-state index is -0.453. The minimum absolute atomic E-state index is 0.113. The van der Waals surface area contributed by atoms with Crippen molar-refractivity contribution in [2.24, 2.45) is 0 Å². The predicted molar refractivity (Wildman–Crippen MR) is 137 cm³/mol. The lowest BCUT2D eigenvalue weighted by atomic mass is 10.1. The van der Waals surface area contributed by atoms with E-state index in [0.29, 0.717) is 23.5 Å². The van der Waals surface area contributed by atoms with E-state index in [4.69, 9.17) is 9.47 Å². The van der Waals surface area contributed by atoms with Crippen LogP contribution in [-0.2, 0) is 0 Å². The van der Waals surface area contributed by atoms with E-state index in [1.807, 2.05) is 30.3 Å². The maximum atomic E-state index is 12.4. The number of carbonyl (C=O) groups is 2. The molecular formula is C30H32O4. The van der Waals surface area contributed by atoms with Crippen molar-refractivity contribution >= 4 is 17.8 Å². The van der Waals surface area contributed by atoms with Gasteiger partial charge in [0.1, 0.15) is 11.5 Å². The number of esters is 1. The van der Waals surface area contributed by atoms with E-state index < -0.39 is 5.97 Å². The summed E-state index contributed by atoms with van der Waals surface area (Å²) in [5, 5.41) is 0. The molecule has 0 aromatic heterocycles. The fourth-order valence-electron chi connectivity index (χ4n) is 3.45. The first-order valence-electron chi connectivity index (χ1n) is 12.0. The Morgan fingerprint density at radius 2 is 1.32 bits per heavy atom. The number of ketones is 1. The monoisotopic (exact) mass is 456 g/mol. The van der Waals surface area contributed by atoms with E-state index in [-0.39, 0.29) is 5.78 Å². The second-order valence-corrected chi connectivity index (χ2v) is 8.16. The highest BCUT2D eigenvalue weighted by molar-refractivity contribution is 6.06. The number of ether oxygens (including phenoxy) is 2. The average Bonchev–Trinajstić information content (AvgIpc) is 2.88. The molecule has 176 valence electrons. The number of hydrogen-bond donors (Lipinski definition) is 0. The molecule has 0 aliphatic heterocycles. The third kappa shape index (κ3) is 8.36. The molecule has 4 nitrogen and oxygen atoms in total. The van der Waals surface area contributed by atoms with E-state index >= 15 is 0 Å². The van der Waals surface area contributed by atoms with Gasteiger partial charge < -0.3 is 9.47 Å². The summed E-state index contributed by atoms with van der Waals surface area (Å²) in [4.78, 5) is 24.8. The van der Waals surface area contributed by atoms with Crippen LogP contribution in [0.3, 0.4) is 0 Å². The molecule has 0 bridgehead atoms. The summed E-state index contributed by atoms with van der Waals surface area (Å²) in [6.07, 6.45) is 10.6. The number of allylic oxidation sites excluding steroid dienone is 1. The zero-order chi connectivity index (χ0) is 24.0. The molecule has 0 aliphatic carbocycles. The Hall–Kier alpha value is -3.66. The van der Waals surface area contributed by atoms with Crippen molar-refractivity contribution in [1.82, 2.24) is 0 Å². The first-order chi connectivity index (χ1) is 16.7. The number of hydrogen-bond acceptors (Lipinski definition) is 4. The lowest BCUT2D eigenvalue weighted by molar-refractivity contribution is 0.0734. The van der Waals surface area contributed by atoms with Crippen molar-refractivity contribution in [3.63, 3.8) is 0 Å². The zero-order valence-corrected chi connectivity index (χ0v) is 19.7. The Morgan fingerprint density at radius 3 is 2.03 bits per heavy atom. The summed E-state index contributed by atoms with van der Waals surface area (Å²) in [5.41, 5.74) is 1.93. The summed E-state index contributed by atoms with van der Waals surface area (Å²) >= 11 is 0. The molecule has 0 atom stereocenters. The quantitative estimate of drug-likeness (QED) is 0.0876. The second-order valence-electron chi connectivity index (χ2n) is 8.16. The maximum Gasteiger partial charge on any atom is 0.343 e. The van der Waals surface area contributed by atoms with Crippen LogP contribution < -0.4 is 9.47 Å². The van der Waals surface area contributed by atoms with Gasteiger partial charge in [0, 0.05) is 5.56 Å². The molecule has 0 aliphatic rings. The molecule has 0 heterocycles. The lowest BCUT2D eigenvalue weighted by Crippen LogP contribution is -2.08. The van der Waals surface area contributed by atoms with Gasteiger partial charge in [0.25, 0.3) is 0 Å². The topological polar surface area (TPSA) is 52.6 Å². The summed E-state index contributed by atoms with van der Waals surface area (Å²) in [6, 6.07) is 23.2. The highest BCUT2D eigenvalue weighted by atomic mass is 16.5. The molecule has 3 aromatic rings. The van der Waals surface area contributed by atoms with Crippen molar-refractivity contribution in [2.45, 2.75) is 45.4 Å². The molecule has 4 heteroatoms. The van der Waals surface area contributed by atoms with Crippen LogP contribution in [0, 0.1) is 0 Å². The van der Waals surface area contributed by atoms with Gasteiger partial charge in [0.15, 0.2) is 5.78 Å². The third-order valence-corrected chi connectivity index (χ3v) is 5.43. The molecule has 0 radical (unpaired) electrons. The van der Waals surface area contributed by atoms with Crippen LogP contribution in [-0.4, -0.2) is 18.4 Å². The molecule has 0 spiro atoms. The molecule has 0 fully saturated rings.